The maximum Gasteiger partial charge on any atom is 0.412 e. The molecule has 18 heavy (non-hydrogen) atoms. The van der Waals surface area contributed by atoms with Gasteiger partial charge in [-0.05, 0) is 32.5 Å². The SMILES string of the molecule is CN1CCCC2(CC1)OC(=O)Nc1cnccc12. The number of pyridine rings is 1. The first-order chi connectivity index (χ1) is 8.70. The average molecular weight is 247 g/mol. The number of amides is 1. The zero-order valence-corrected chi connectivity index (χ0v) is 10.5. The number of anilines is 1. The molecule has 1 amide bonds. The molecule has 3 rings (SSSR count). The number of carbonyl (C=O) groups is 1. The first kappa shape index (κ1) is 11.5. The number of carbonyl (C=O) groups excluding carboxylic acids is 1. The van der Waals surface area contributed by atoms with E-state index in [-0.39, 0.29) is 6.09 Å². The van der Waals surface area contributed by atoms with Crippen LogP contribution in [-0.4, -0.2) is 36.1 Å². The topological polar surface area (TPSA) is 54.5 Å². The van der Waals surface area contributed by atoms with Crippen LogP contribution in [0.1, 0.15) is 24.8 Å². The van der Waals surface area contributed by atoms with Gasteiger partial charge < -0.3 is 9.64 Å². The summed E-state index contributed by atoms with van der Waals surface area (Å²) in [5.74, 6) is 0. The standard InChI is InChI=1S/C13H17N3O2/c1-16-7-2-4-13(5-8-16)10-3-6-14-9-11(10)15-12(17)18-13/h3,6,9H,2,4-5,7-8H2,1H3,(H,15,17). The van der Waals surface area contributed by atoms with Crippen LogP contribution in [0.25, 0.3) is 0 Å². The van der Waals surface area contributed by atoms with Crippen LogP contribution in [0, 0.1) is 0 Å². The summed E-state index contributed by atoms with van der Waals surface area (Å²) >= 11 is 0. The molecule has 1 spiro atoms. The molecule has 1 unspecified atom stereocenters. The molecule has 0 aliphatic carbocycles. The Morgan fingerprint density at radius 1 is 1.44 bits per heavy atom. The van der Waals surface area contributed by atoms with Gasteiger partial charge in [0.25, 0.3) is 0 Å². The number of hydrogen-bond acceptors (Lipinski definition) is 4. The number of aromatic nitrogens is 1. The van der Waals surface area contributed by atoms with Crippen molar-refractivity contribution in [2.24, 2.45) is 0 Å². The average Bonchev–Trinajstić information content (AvgIpc) is 2.53. The molecule has 96 valence electrons. The molecule has 5 nitrogen and oxygen atoms in total. The summed E-state index contributed by atoms with van der Waals surface area (Å²) in [4.78, 5) is 18.1. The fourth-order valence-electron chi connectivity index (χ4n) is 2.87. The summed E-state index contributed by atoms with van der Waals surface area (Å²) in [7, 11) is 2.11. The minimum Gasteiger partial charge on any atom is -0.438 e. The molecule has 1 N–H and O–H groups in total. The van der Waals surface area contributed by atoms with Gasteiger partial charge in [-0.3, -0.25) is 10.3 Å². The van der Waals surface area contributed by atoms with Crippen molar-refractivity contribution in [3.05, 3.63) is 24.0 Å². The Kier molecular flexibility index (Phi) is 2.70. The molecule has 2 aliphatic heterocycles. The monoisotopic (exact) mass is 247 g/mol. The molecule has 1 saturated heterocycles. The lowest BCUT2D eigenvalue weighted by Crippen LogP contribution is -2.40. The van der Waals surface area contributed by atoms with Gasteiger partial charge >= 0.3 is 6.09 Å². The van der Waals surface area contributed by atoms with Crippen molar-refractivity contribution in [2.45, 2.75) is 24.9 Å². The van der Waals surface area contributed by atoms with E-state index in [4.69, 9.17) is 4.74 Å². The number of rotatable bonds is 0. The smallest absolute Gasteiger partial charge is 0.412 e. The second-order valence-electron chi connectivity index (χ2n) is 5.09. The normalized spacial score (nSPS) is 28.2. The van der Waals surface area contributed by atoms with Gasteiger partial charge in [0.05, 0.1) is 11.9 Å². The third-order valence-corrected chi connectivity index (χ3v) is 3.85. The van der Waals surface area contributed by atoms with E-state index in [0.29, 0.717) is 0 Å². The Hall–Kier alpha value is -1.62. The largest absolute Gasteiger partial charge is 0.438 e. The second kappa shape index (κ2) is 4.24. The lowest BCUT2D eigenvalue weighted by molar-refractivity contribution is -0.000277. The van der Waals surface area contributed by atoms with Gasteiger partial charge in [-0.15, -0.1) is 0 Å². The van der Waals surface area contributed by atoms with E-state index in [9.17, 15) is 4.79 Å². The third-order valence-electron chi connectivity index (χ3n) is 3.85. The van der Waals surface area contributed by atoms with Crippen LogP contribution >= 0.6 is 0 Å². The molecular weight excluding hydrogens is 230 g/mol. The van der Waals surface area contributed by atoms with Crippen LogP contribution in [0.15, 0.2) is 18.5 Å². The minimum atomic E-state index is -0.467. The Bertz CT molecular complexity index is 477. The Morgan fingerprint density at radius 2 is 2.33 bits per heavy atom. The highest BCUT2D eigenvalue weighted by Crippen LogP contribution is 2.42. The highest BCUT2D eigenvalue weighted by molar-refractivity contribution is 5.88. The van der Waals surface area contributed by atoms with Crippen LogP contribution in [0.2, 0.25) is 0 Å². The van der Waals surface area contributed by atoms with E-state index in [1.165, 1.54) is 0 Å². The maximum atomic E-state index is 11.7. The molecule has 0 radical (unpaired) electrons. The summed E-state index contributed by atoms with van der Waals surface area (Å²) < 4.78 is 5.67. The van der Waals surface area contributed by atoms with Gasteiger partial charge in [-0.2, -0.15) is 0 Å². The molecule has 1 aromatic heterocycles. The van der Waals surface area contributed by atoms with Crippen LogP contribution in [-0.2, 0) is 10.3 Å². The number of hydrogen-bond donors (Lipinski definition) is 1. The van der Waals surface area contributed by atoms with Crippen molar-refractivity contribution in [1.82, 2.24) is 9.88 Å². The van der Waals surface area contributed by atoms with E-state index in [1.54, 1.807) is 12.4 Å². The first-order valence-corrected chi connectivity index (χ1v) is 6.33. The summed E-state index contributed by atoms with van der Waals surface area (Å²) in [6.45, 7) is 1.99. The lowest BCUT2D eigenvalue weighted by Gasteiger charge is -2.37. The number of nitrogens with one attached hydrogen (secondary N) is 1. The molecule has 3 heterocycles. The van der Waals surface area contributed by atoms with E-state index in [1.807, 2.05) is 6.07 Å². The fourth-order valence-corrected chi connectivity index (χ4v) is 2.87. The minimum absolute atomic E-state index is 0.361. The number of likely N-dealkylation sites (tertiary alicyclic amines) is 1. The molecule has 1 atom stereocenters. The molecule has 0 aromatic carbocycles. The number of fused-ring (bicyclic) bond motifs is 2. The summed E-state index contributed by atoms with van der Waals surface area (Å²) in [5.41, 5.74) is 1.39. The Balaban J connectivity index is 2.02. The van der Waals surface area contributed by atoms with Crippen molar-refractivity contribution >= 4 is 11.8 Å². The van der Waals surface area contributed by atoms with Gasteiger partial charge in [0.15, 0.2) is 0 Å². The fraction of sp³-hybridized carbons (Fsp3) is 0.538. The van der Waals surface area contributed by atoms with Gasteiger partial charge in [0.2, 0.25) is 0 Å². The van der Waals surface area contributed by atoms with E-state index >= 15 is 0 Å². The summed E-state index contributed by atoms with van der Waals surface area (Å²) in [6, 6.07) is 1.96. The summed E-state index contributed by atoms with van der Waals surface area (Å²) in [6.07, 6.45) is 5.85. The van der Waals surface area contributed by atoms with E-state index in [0.717, 1.165) is 43.6 Å². The second-order valence-corrected chi connectivity index (χ2v) is 5.09. The predicted octanol–water partition coefficient (Wildman–Crippen LogP) is 1.95. The van der Waals surface area contributed by atoms with Gasteiger partial charge in [-0.1, -0.05) is 0 Å². The predicted molar refractivity (Wildman–Crippen MR) is 67.4 cm³/mol. The zero-order valence-electron chi connectivity index (χ0n) is 10.5. The first-order valence-electron chi connectivity index (χ1n) is 6.33. The van der Waals surface area contributed by atoms with E-state index < -0.39 is 5.60 Å². The molecule has 1 aromatic rings. The molecule has 2 aliphatic rings. The number of nitrogens with zero attached hydrogens (tertiary/aromatic N) is 2. The summed E-state index contributed by atoms with van der Waals surface area (Å²) in [5, 5.41) is 2.73. The van der Waals surface area contributed by atoms with Crippen molar-refractivity contribution in [3.63, 3.8) is 0 Å². The Morgan fingerprint density at radius 3 is 3.22 bits per heavy atom. The van der Waals surface area contributed by atoms with Crippen LogP contribution in [0.3, 0.4) is 0 Å². The quantitative estimate of drug-likeness (QED) is 0.761. The lowest BCUT2D eigenvalue weighted by atomic mass is 9.85. The van der Waals surface area contributed by atoms with Crippen LogP contribution in [0.5, 0.6) is 0 Å². The molecular formula is C13H17N3O2. The van der Waals surface area contributed by atoms with Crippen molar-refractivity contribution in [2.75, 3.05) is 25.5 Å². The molecule has 1 fully saturated rings. The highest BCUT2D eigenvalue weighted by atomic mass is 16.6. The van der Waals surface area contributed by atoms with Crippen LogP contribution < -0.4 is 5.32 Å². The van der Waals surface area contributed by atoms with Gasteiger partial charge in [0.1, 0.15) is 5.60 Å². The van der Waals surface area contributed by atoms with Crippen molar-refractivity contribution in [1.29, 1.82) is 0 Å². The van der Waals surface area contributed by atoms with Crippen molar-refractivity contribution in [3.8, 4) is 0 Å². The molecule has 0 saturated carbocycles. The highest BCUT2D eigenvalue weighted by Gasteiger charge is 2.42. The Labute approximate surface area is 106 Å². The van der Waals surface area contributed by atoms with Crippen molar-refractivity contribution < 1.29 is 9.53 Å². The maximum absolute atomic E-state index is 11.7. The number of ether oxygens (including phenoxy) is 1. The molecule has 0 bridgehead atoms. The molecule has 5 heteroatoms. The van der Waals surface area contributed by atoms with Crippen LogP contribution in [0.4, 0.5) is 10.5 Å². The van der Waals surface area contributed by atoms with E-state index in [2.05, 4.69) is 22.2 Å². The zero-order chi connectivity index (χ0) is 12.6. The third kappa shape index (κ3) is 1.84. The van der Waals surface area contributed by atoms with Gasteiger partial charge in [0, 0.05) is 24.7 Å². The van der Waals surface area contributed by atoms with Gasteiger partial charge in [-0.25, -0.2) is 4.79 Å².